The molecule has 0 fully saturated rings. The zero-order chi connectivity index (χ0) is 14.5. The van der Waals surface area contributed by atoms with Crippen molar-refractivity contribution in [2.24, 2.45) is 0 Å². The minimum absolute atomic E-state index is 0.277. The van der Waals surface area contributed by atoms with Crippen molar-refractivity contribution < 1.29 is 9.13 Å². The number of rotatable bonds is 5. The summed E-state index contributed by atoms with van der Waals surface area (Å²) >= 11 is 6.11. The number of anilines is 1. The van der Waals surface area contributed by atoms with E-state index in [0.717, 1.165) is 6.54 Å². The van der Waals surface area contributed by atoms with Crippen LogP contribution in [0.2, 0.25) is 5.02 Å². The fourth-order valence-electron chi connectivity index (χ4n) is 1.79. The molecule has 1 heterocycles. The Kier molecular flexibility index (Phi) is 4.87. The lowest BCUT2D eigenvalue weighted by molar-refractivity contribution is 0.178. The third-order valence-electron chi connectivity index (χ3n) is 2.61. The number of ether oxygens (including phenoxy) is 1. The Morgan fingerprint density at radius 2 is 2.10 bits per heavy atom. The Hall–Kier alpha value is -1.72. The topological polar surface area (TPSA) is 47.0 Å². The monoisotopic (exact) mass is 295 g/mol. The quantitative estimate of drug-likeness (QED) is 0.917. The Labute approximate surface area is 122 Å². The maximum Gasteiger partial charge on any atom is 0.157 e. The van der Waals surface area contributed by atoms with E-state index in [1.165, 1.54) is 18.2 Å². The molecule has 0 aliphatic rings. The zero-order valence-corrected chi connectivity index (χ0v) is 12.0. The van der Waals surface area contributed by atoms with E-state index in [1.807, 2.05) is 6.92 Å². The summed E-state index contributed by atoms with van der Waals surface area (Å²) in [7, 11) is 1.57. The normalized spacial score (nSPS) is 10.6. The number of methoxy groups -OCH3 is 1. The number of hydrogen-bond donors (Lipinski definition) is 1. The van der Waals surface area contributed by atoms with Crippen molar-refractivity contribution in [2.75, 3.05) is 19.0 Å². The summed E-state index contributed by atoms with van der Waals surface area (Å²) in [6.07, 6.45) is 0. The van der Waals surface area contributed by atoms with E-state index >= 15 is 0 Å². The van der Waals surface area contributed by atoms with E-state index in [2.05, 4.69) is 15.3 Å². The van der Waals surface area contributed by atoms with Crippen LogP contribution in [0.25, 0.3) is 11.3 Å². The van der Waals surface area contributed by atoms with Crippen LogP contribution in [0.1, 0.15) is 12.7 Å². The SMILES string of the molecule is CCNc1cc(-c2cc(F)ccc2Cl)nc(COC)n1. The minimum atomic E-state index is -0.360. The molecule has 1 aromatic carbocycles. The van der Waals surface area contributed by atoms with Gasteiger partial charge in [-0.15, -0.1) is 0 Å². The van der Waals surface area contributed by atoms with Crippen molar-refractivity contribution >= 4 is 17.4 Å². The second kappa shape index (κ2) is 6.63. The van der Waals surface area contributed by atoms with Crippen LogP contribution >= 0.6 is 11.6 Å². The van der Waals surface area contributed by atoms with Crippen LogP contribution in [0.3, 0.4) is 0 Å². The largest absolute Gasteiger partial charge is 0.377 e. The average molecular weight is 296 g/mol. The highest BCUT2D eigenvalue weighted by Gasteiger charge is 2.10. The third kappa shape index (κ3) is 3.43. The van der Waals surface area contributed by atoms with Crippen LogP contribution in [0.15, 0.2) is 24.3 Å². The van der Waals surface area contributed by atoms with E-state index in [1.54, 1.807) is 13.2 Å². The van der Waals surface area contributed by atoms with Gasteiger partial charge in [-0.1, -0.05) is 11.6 Å². The molecule has 0 radical (unpaired) electrons. The molecule has 0 bridgehead atoms. The Morgan fingerprint density at radius 1 is 1.30 bits per heavy atom. The molecule has 106 valence electrons. The van der Waals surface area contributed by atoms with Gasteiger partial charge in [0.05, 0.1) is 10.7 Å². The first kappa shape index (κ1) is 14.7. The maximum absolute atomic E-state index is 13.4. The Morgan fingerprint density at radius 3 is 2.80 bits per heavy atom. The third-order valence-corrected chi connectivity index (χ3v) is 2.94. The first-order valence-corrected chi connectivity index (χ1v) is 6.58. The predicted molar refractivity (Wildman–Crippen MR) is 77.3 cm³/mol. The van der Waals surface area contributed by atoms with Gasteiger partial charge in [-0.3, -0.25) is 0 Å². The summed E-state index contributed by atoms with van der Waals surface area (Å²) < 4.78 is 18.4. The summed E-state index contributed by atoms with van der Waals surface area (Å²) in [5, 5.41) is 3.55. The van der Waals surface area contributed by atoms with Crippen LogP contribution in [0, 0.1) is 5.82 Å². The maximum atomic E-state index is 13.4. The van der Waals surface area contributed by atoms with Gasteiger partial charge in [0.1, 0.15) is 18.2 Å². The number of nitrogens with zero attached hydrogens (tertiary/aromatic N) is 2. The molecule has 0 unspecified atom stereocenters. The van der Waals surface area contributed by atoms with Crippen LogP contribution < -0.4 is 5.32 Å². The molecule has 0 aliphatic carbocycles. The van der Waals surface area contributed by atoms with Crippen molar-refractivity contribution in [2.45, 2.75) is 13.5 Å². The molecule has 0 saturated heterocycles. The predicted octanol–water partition coefficient (Wildman–Crippen LogP) is 3.51. The van der Waals surface area contributed by atoms with Crippen molar-refractivity contribution in [3.8, 4) is 11.3 Å². The van der Waals surface area contributed by atoms with Crippen molar-refractivity contribution in [3.63, 3.8) is 0 Å². The lowest BCUT2D eigenvalue weighted by atomic mass is 10.1. The number of hydrogen-bond acceptors (Lipinski definition) is 4. The second-order valence-corrected chi connectivity index (χ2v) is 4.55. The Bertz CT molecular complexity index is 583. The smallest absolute Gasteiger partial charge is 0.157 e. The molecular weight excluding hydrogens is 281 g/mol. The van der Waals surface area contributed by atoms with Gasteiger partial charge in [0, 0.05) is 25.3 Å². The highest BCUT2D eigenvalue weighted by molar-refractivity contribution is 6.33. The van der Waals surface area contributed by atoms with Crippen LogP contribution in [0.4, 0.5) is 10.2 Å². The molecule has 0 spiro atoms. The van der Waals surface area contributed by atoms with Crippen molar-refractivity contribution in [1.82, 2.24) is 9.97 Å². The highest BCUT2D eigenvalue weighted by atomic mass is 35.5. The van der Waals surface area contributed by atoms with Crippen LogP contribution in [-0.4, -0.2) is 23.6 Å². The summed E-state index contributed by atoms with van der Waals surface area (Å²) in [5.41, 5.74) is 1.10. The Balaban J connectivity index is 2.51. The summed E-state index contributed by atoms with van der Waals surface area (Å²) in [6.45, 7) is 2.96. The molecule has 2 rings (SSSR count). The second-order valence-electron chi connectivity index (χ2n) is 4.14. The zero-order valence-electron chi connectivity index (χ0n) is 11.3. The summed E-state index contributed by atoms with van der Waals surface area (Å²) in [5.74, 6) is 0.812. The van der Waals surface area contributed by atoms with Gasteiger partial charge < -0.3 is 10.1 Å². The summed E-state index contributed by atoms with van der Waals surface area (Å²) in [6, 6.07) is 5.92. The molecule has 6 heteroatoms. The van der Waals surface area contributed by atoms with Gasteiger partial charge in [0.25, 0.3) is 0 Å². The van der Waals surface area contributed by atoms with E-state index in [-0.39, 0.29) is 12.4 Å². The first-order valence-electron chi connectivity index (χ1n) is 6.20. The van der Waals surface area contributed by atoms with E-state index in [4.69, 9.17) is 16.3 Å². The molecule has 0 atom stereocenters. The van der Waals surface area contributed by atoms with Crippen LogP contribution in [0.5, 0.6) is 0 Å². The average Bonchev–Trinajstić information content (AvgIpc) is 2.42. The first-order chi connectivity index (χ1) is 9.63. The summed E-state index contributed by atoms with van der Waals surface area (Å²) in [4.78, 5) is 8.66. The molecule has 4 nitrogen and oxygen atoms in total. The standard InChI is InChI=1S/C14H15ClFN3O/c1-3-17-13-7-12(18-14(19-13)8-20-2)10-6-9(16)4-5-11(10)15/h4-7H,3,8H2,1-2H3,(H,17,18,19). The van der Waals surface area contributed by atoms with Gasteiger partial charge >= 0.3 is 0 Å². The number of aromatic nitrogens is 2. The highest BCUT2D eigenvalue weighted by Crippen LogP contribution is 2.28. The lowest BCUT2D eigenvalue weighted by Gasteiger charge is -2.10. The van der Waals surface area contributed by atoms with Gasteiger partial charge in [0.2, 0.25) is 0 Å². The molecule has 0 saturated carbocycles. The van der Waals surface area contributed by atoms with Crippen LogP contribution in [-0.2, 0) is 11.3 Å². The van der Waals surface area contributed by atoms with Crippen molar-refractivity contribution in [1.29, 1.82) is 0 Å². The van der Waals surface area contributed by atoms with Gasteiger partial charge in [-0.2, -0.15) is 0 Å². The molecule has 20 heavy (non-hydrogen) atoms. The van der Waals surface area contributed by atoms with E-state index in [0.29, 0.717) is 27.9 Å². The van der Waals surface area contributed by atoms with Gasteiger partial charge in [-0.05, 0) is 25.1 Å². The molecule has 0 aliphatic heterocycles. The minimum Gasteiger partial charge on any atom is -0.377 e. The fraction of sp³-hybridized carbons (Fsp3) is 0.286. The lowest BCUT2D eigenvalue weighted by Crippen LogP contribution is -2.05. The van der Waals surface area contributed by atoms with Gasteiger partial charge in [0.15, 0.2) is 5.82 Å². The molecule has 2 aromatic rings. The van der Waals surface area contributed by atoms with Gasteiger partial charge in [-0.25, -0.2) is 14.4 Å². The number of nitrogens with one attached hydrogen (secondary N) is 1. The molecule has 1 aromatic heterocycles. The van der Waals surface area contributed by atoms with E-state index in [9.17, 15) is 4.39 Å². The fourth-order valence-corrected chi connectivity index (χ4v) is 2.01. The number of benzene rings is 1. The molecule has 1 N–H and O–H groups in total. The van der Waals surface area contributed by atoms with E-state index < -0.39 is 0 Å². The molecule has 0 amide bonds. The molecular formula is C14H15ClFN3O. The van der Waals surface area contributed by atoms with Crippen molar-refractivity contribution in [3.05, 3.63) is 40.9 Å². The number of halogens is 2.